The van der Waals surface area contributed by atoms with E-state index in [1.165, 1.54) is 6.07 Å². The summed E-state index contributed by atoms with van der Waals surface area (Å²) in [5.74, 6) is -0.412. The minimum absolute atomic E-state index is 0.141. The fourth-order valence-corrected chi connectivity index (χ4v) is 2.19. The summed E-state index contributed by atoms with van der Waals surface area (Å²) in [6.07, 6.45) is -2.84. The van der Waals surface area contributed by atoms with E-state index in [1.54, 1.807) is 24.4 Å². The first-order valence-electron chi connectivity index (χ1n) is 8.13. The number of aryl methyl sites for hydroxylation is 1. The van der Waals surface area contributed by atoms with Crippen LogP contribution in [0.3, 0.4) is 0 Å². The molecular weight excluding hydrogens is 379 g/mol. The zero-order valence-electron chi connectivity index (χ0n) is 15.6. The van der Waals surface area contributed by atoms with Crippen molar-refractivity contribution in [2.75, 3.05) is 0 Å². The van der Waals surface area contributed by atoms with Crippen molar-refractivity contribution in [1.29, 1.82) is 0 Å². The highest BCUT2D eigenvalue weighted by molar-refractivity contribution is 6.31. The molecule has 4 nitrogen and oxygen atoms in total. The standard InChI is InChI=1S/C12H15ClF3N.C7H8N2O/c1-11(2,3)17-7-8-4-5-10(13)9(6-8)12(14,15)16;1-5-4-6(7(8)10)2-3-9-5/h4-6,17H,7H2,1-3H3;2-4H,1H3,(H2,8,10). The number of benzene rings is 1. The monoisotopic (exact) mass is 401 g/mol. The lowest BCUT2D eigenvalue weighted by Crippen LogP contribution is -2.35. The van der Waals surface area contributed by atoms with Crippen LogP contribution in [-0.4, -0.2) is 16.4 Å². The van der Waals surface area contributed by atoms with Crippen LogP contribution < -0.4 is 11.1 Å². The van der Waals surface area contributed by atoms with E-state index in [-0.39, 0.29) is 10.6 Å². The summed E-state index contributed by atoms with van der Waals surface area (Å²) in [5, 5.41) is 2.86. The molecule has 2 rings (SSSR count). The summed E-state index contributed by atoms with van der Waals surface area (Å²) < 4.78 is 37.8. The molecule has 0 radical (unpaired) electrons. The Balaban J connectivity index is 0.000000309. The van der Waals surface area contributed by atoms with Crippen LogP contribution in [0.4, 0.5) is 13.2 Å². The first-order valence-corrected chi connectivity index (χ1v) is 8.50. The highest BCUT2D eigenvalue weighted by Gasteiger charge is 2.33. The fraction of sp³-hybridized carbons (Fsp3) is 0.368. The van der Waals surface area contributed by atoms with E-state index in [0.717, 1.165) is 11.8 Å². The molecule has 0 aliphatic rings. The molecule has 148 valence electrons. The third-order valence-corrected chi connectivity index (χ3v) is 3.67. The molecule has 1 aromatic heterocycles. The van der Waals surface area contributed by atoms with Crippen molar-refractivity contribution in [2.45, 2.75) is 46.0 Å². The molecule has 1 amide bonds. The second-order valence-corrected chi connectivity index (χ2v) is 7.37. The Bertz CT molecular complexity index is 786. The minimum Gasteiger partial charge on any atom is -0.366 e. The number of nitrogens with one attached hydrogen (secondary N) is 1. The van der Waals surface area contributed by atoms with Crippen molar-refractivity contribution in [3.63, 3.8) is 0 Å². The Kier molecular flexibility index (Phi) is 7.80. The number of primary amides is 1. The first kappa shape index (κ1) is 22.9. The molecule has 0 spiro atoms. The summed E-state index contributed by atoms with van der Waals surface area (Å²) in [4.78, 5) is 14.5. The summed E-state index contributed by atoms with van der Waals surface area (Å²) in [7, 11) is 0. The molecule has 27 heavy (non-hydrogen) atoms. The van der Waals surface area contributed by atoms with Crippen molar-refractivity contribution >= 4 is 17.5 Å². The van der Waals surface area contributed by atoms with Crippen LogP contribution in [-0.2, 0) is 12.7 Å². The van der Waals surface area contributed by atoms with Crippen molar-refractivity contribution in [3.8, 4) is 0 Å². The van der Waals surface area contributed by atoms with Crippen LogP contribution in [0.25, 0.3) is 0 Å². The van der Waals surface area contributed by atoms with E-state index < -0.39 is 17.6 Å². The Morgan fingerprint density at radius 3 is 2.26 bits per heavy atom. The smallest absolute Gasteiger partial charge is 0.366 e. The zero-order valence-corrected chi connectivity index (χ0v) is 16.4. The molecule has 0 atom stereocenters. The van der Waals surface area contributed by atoms with E-state index in [2.05, 4.69) is 10.3 Å². The highest BCUT2D eigenvalue weighted by atomic mass is 35.5. The van der Waals surface area contributed by atoms with Gasteiger partial charge in [-0.15, -0.1) is 0 Å². The predicted octanol–water partition coefficient (Wildman–Crippen LogP) is 4.74. The maximum atomic E-state index is 12.6. The molecule has 3 N–H and O–H groups in total. The third kappa shape index (κ3) is 8.41. The number of carbonyl (C=O) groups excluding carboxylic acids is 1. The van der Waals surface area contributed by atoms with Gasteiger partial charge in [-0.05, 0) is 57.5 Å². The summed E-state index contributed by atoms with van der Waals surface area (Å²) in [6.45, 7) is 8.05. The van der Waals surface area contributed by atoms with E-state index in [9.17, 15) is 18.0 Å². The molecule has 0 saturated heterocycles. The number of pyridine rings is 1. The van der Waals surface area contributed by atoms with Crippen LogP contribution in [0.15, 0.2) is 36.5 Å². The molecule has 8 heteroatoms. The number of nitrogens with two attached hydrogens (primary N) is 1. The summed E-state index contributed by atoms with van der Waals surface area (Å²) in [5.41, 5.74) is 5.97. The number of hydrogen-bond acceptors (Lipinski definition) is 3. The quantitative estimate of drug-likeness (QED) is 0.780. The van der Waals surface area contributed by atoms with Gasteiger partial charge in [-0.1, -0.05) is 17.7 Å². The number of halogens is 4. The van der Waals surface area contributed by atoms with Gasteiger partial charge in [-0.2, -0.15) is 13.2 Å². The average Bonchev–Trinajstić information content (AvgIpc) is 2.53. The van der Waals surface area contributed by atoms with Crippen LogP contribution in [0.1, 0.15) is 48.0 Å². The van der Waals surface area contributed by atoms with Gasteiger partial charge in [0.05, 0.1) is 10.6 Å². The van der Waals surface area contributed by atoms with Gasteiger partial charge in [0, 0.05) is 29.5 Å². The van der Waals surface area contributed by atoms with Crippen molar-refractivity contribution in [3.05, 3.63) is 63.9 Å². The van der Waals surface area contributed by atoms with Crippen LogP contribution in [0.2, 0.25) is 5.02 Å². The van der Waals surface area contributed by atoms with E-state index in [1.807, 2.05) is 27.7 Å². The molecule has 1 aromatic carbocycles. The molecule has 0 saturated carbocycles. The number of nitrogens with zero attached hydrogens (tertiary/aromatic N) is 1. The normalized spacial score (nSPS) is 11.6. The Morgan fingerprint density at radius 1 is 1.19 bits per heavy atom. The van der Waals surface area contributed by atoms with Crippen molar-refractivity contribution < 1.29 is 18.0 Å². The van der Waals surface area contributed by atoms with Gasteiger partial charge in [0.15, 0.2) is 0 Å². The average molecular weight is 402 g/mol. The van der Waals surface area contributed by atoms with E-state index in [4.69, 9.17) is 17.3 Å². The van der Waals surface area contributed by atoms with Crippen molar-refractivity contribution in [1.82, 2.24) is 10.3 Å². The lowest BCUT2D eigenvalue weighted by atomic mass is 10.1. The first-order chi connectivity index (χ1) is 12.3. The molecule has 0 aliphatic heterocycles. The van der Waals surface area contributed by atoms with Gasteiger partial charge in [0.25, 0.3) is 0 Å². The molecule has 0 bridgehead atoms. The molecule has 0 unspecified atom stereocenters. The third-order valence-electron chi connectivity index (χ3n) is 3.34. The largest absolute Gasteiger partial charge is 0.417 e. The number of alkyl halides is 3. The molecule has 2 aromatic rings. The van der Waals surface area contributed by atoms with Crippen LogP contribution in [0, 0.1) is 6.92 Å². The molecular formula is C19H23ClF3N3O. The number of amides is 1. The fourth-order valence-electron chi connectivity index (χ4n) is 1.97. The van der Waals surface area contributed by atoms with Crippen molar-refractivity contribution in [2.24, 2.45) is 5.73 Å². The molecule has 0 fully saturated rings. The summed E-state index contributed by atoms with van der Waals surface area (Å²) in [6, 6.07) is 7.21. The number of rotatable bonds is 3. The SMILES string of the molecule is CC(C)(C)NCc1ccc(Cl)c(C(F)(F)F)c1.Cc1cc(C(N)=O)ccn1. The Labute approximate surface area is 161 Å². The second-order valence-electron chi connectivity index (χ2n) is 6.97. The van der Waals surface area contributed by atoms with Crippen LogP contribution in [0.5, 0.6) is 0 Å². The van der Waals surface area contributed by atoms with E-state index in [0.29, 0.717) is 17.7 Å². The Hall–Kier alpha value is -2.12. The minimum atomic E-state index is -4.41. The van der Waals surface area contributed by atoms with Gasteiger partial charge in [0.1, 0.15) is 0 Å². The van der Waals surface area contributed by atoms with Gasteiger partial charge in [0.2, 0.25) is 5.91 Å². The van der Waals surface area contributed by atoms with Gasteiger partial charge in [-0.25, -0.2) is 0 Å². The summed E-state index contributed by atoms with van der Waals surface area (Å²) >= 11 is 5.53. The van der Waals surface area contributed by atoms with Gasteiger partial charge < -0.3 is 11.1 Å². The predicted molar refractivity (Wildman–Crippen MR) is 101 cm³/mol. The topological polar surface area (TPSA) is 68.0 Å². The van der Waals surface area contributed by atoms with E-state index >= 15 is 0 Å². The zero-order chi connectivity index (χ0) is 20.8. The highest BCUT2D eigenvalue weighted by Crippen LogP contribution is 2.35. The number of carbonyl (C=O) groups is 1. The molecule has 0 aliphatic carbocycles. The second kappa shape index (κ2) is 9.19. The van der Waals surface area contributed by atoms with Crippen LogP contribution >= 0.6 is 11.6 Å². The van der Waals surface area contributed by atoms with Gasteiger partial charge >= 0.3 is 6.18 Å². The lowest BCUT2D eigenvalue weighted by Gasteiger charge is -2.21. The lowest BCUT2D eigenvalue weighted by molar-refractivity contribution is -0.137. The number of aromatic nitrogens is 1. The van der Waals surface area contributed by atoms with Gasteiger partial charge in [-0.3, -0.25) is 9.78 Å². The molecule has 1 heterocycles. The maximum Gasteiger partial charge on any atom is 0.417 e. The number of hydrogen-bond donors (Lipinski definition) is 2. The Morgan fingerprint density at radius 2 is 1.81 bits per heavy atom. The maximum absolute atomic E-state index is 12.6.